The van der Waals surface area contributed by atoms with Crippen molar-refractivity contribution in [2.24, 2.45) is 0 Å². The zero-order valence-corrected chi connectivity index (χ0v) is 18.0. The molecule has 0 bridgehead atoms. The molecule has 0 amide bonds. The third-order valence-electron chi connectivity index (χ3n) is 2.83. The standard InChI is InChI=1S/2C6H15NO3.C3H7O.H2O.O.Ti/c2*8-4-1-7(2-5-9)3-6-10;1-3(2)4;;;/h2*8-10H,1-6H2;3H,1-2H3;1H2;;/q;;-1;;;+2/p-1. The van der Waals surface area contributed by atoms with Crippen LogP contribution in [0.2, 0.25) is 0 Å². The van der Waals surface area contributed by atoms with E-state index in [0.717, 1.165) is 0 Å². The number of rotatable bonds is 14. The number of hydrogen-bond acceptors (Lipinski definition) is 10. The summed E-state index contributed by atoms with van der Waals surface area (Å²) in [4.78, 5) is 3.58. The topological polar surface area (TPSA) is 174 Å². The maximum atomic E-state index is 9.84. The predicted octanol–water partition coefficient (Wildman–Crippen LogP) is -3.27. The van der Waals surface area contributed by atoms with Gasteiger partial charge in [-0.05, 0) is 0 Å². The van der Waals surface area contributed by atoms with Crippen molar-refractivity contribution in [2.45, 2.75) is 20.0 Å². The van der Waals surface area contributed by atoms with E-state index in [4.69, 9.17) is 34.3 Å². The molecule has 0 aliphatic carbocycles. The van der Waals surface area contributed by atoms with Crippen LogP contribution in [0, 0.1) is 0 Å². The summed E-state index contributed by atoms with van der Waals surface area (Å²) in [6, 6.07) is 0. The van der Waals surface area contributed by atoms with Gasteiger partial charge in [0.15, 0.2) is 0 Å². The van der Waals surface area contributed by atoms with Gasteiger partial charge in [0, 0.05) is 39.3 Å². The number of aliphatic hydroxyl groups excluding tert-OH is 6. The van der Waals surface area contributed by atoms with E-state index in [0.29, 0.717) is 39.3 Å². The molecule has 0 heterocycles. The van der Waals surface area contributed by atoms with Crippen LogP contribution in [0.5, 0.6) is 0 Å². The van der Waals surface area contributed by atoms with Gasteiger partial charge in [-0.15, -0.1) is 0 Å². The molecule has 0 radical (unpaired) electrons. The molecule has 0 unspecified atom stereocenters. The Hall–Kier alpha value is 0.114. The minimum absolute atomic E-state index is 0.0694. The van der Waals surface area contributed by atoms with Crippen molar-refractivity contribution in [3.05, 3.63) is 0 Å². The summed E-state index contributed by atoms with van der Waals surface area (Å²) in [5, 5.41) is 50.9. The van der Waals surface area contributed by atoms with Crippen LogP contribution >= 0.6 is 0 Å². The predicted molar refractivity (Wildman–Crippen MR) is 94.5 cm³/mol. The number of hydrogen-bond donors (Lipinski definition) is 7. The Morgan fingerprint density at radius 1 is 0.667 bits per heavy atom. The smallest absolute Gasteiger partial charge is 0.0558 e. The normalized spacial score (nSPS) is 10.5. The summed E-state index contributed by atoms with van der Waals surface area (Å²) in [7, 11) is 0. The molecule has 0 spiro atoms. The Kier molecular flexibility index (Phi) is 30.8. The van der Waals surface area contributed by atoms with Crippen molar-refractivity contribution in [3.63, 3.8) is 0 Å². The second-order valence-electron chi connectivity index (χ2n) is 5.46. The molecule has 0 saturated carbocycles. The van der Waals surface area contributed by atoms with Crippen LogP contribution in [0.15, 0.2) is 0 Å². The maximum Gasteiger partial charge on any atom is 0.0558 e. The molecule has 0 aliphatic rings. The van der Waals surface area contributed by atoms with Crippen LogP contribution < -0.4 is 0 Å². The van der Waals surface area contributed by atoms with Crippen molar-refractivity contribution < 1.29 is 59.6 Å². The summed E-state index contributed by atoms with van der Waals surface area (Å²) in [6.07, 6.45) is -0.113. The van der Waals surface area contributed by atoms with Crippen LogP contribution in [-0.4, -0.2) is 129 Å². The van der Waals surface area contributed by atoms with E-state index in [2.05, 4.69) is 3.32 Å². The van der Waals surface area contributed by atoms with Crippen molar-refractivity contribution in [3.8, 4) is 0 Å². The molecular formula is C15H38N2O9Ti. The van der Waals surface area contributed by atoms with E-state index in [1.54, 1.807) is 23.6 Å². The molecule has 0 fully saturated rings. The van der Waals surface area contributed by atoms with E-state index >= 15 is 0 Å². The zero-order valence-electron chi connectivity index (χ0n) is 16.4. The average Bonchev–Trinajstić information content (AvgIpc) is 2.56. The van der Waals surface area contributed by atoms with E-state index in [1.165, 1.54) is 0 Å². The van der Waals surface area contributed by atoms with Gasteiger partial charge >= 0.3 is 48.9 Å². The van der Waals surface area contributed by atoms with Gasteiger partial charge in [-0.25, -0.2) is 0 Å². The van der Waals surface area contributed by atoms with Gasteiger partial charge in [0.1, 0.15) is 0 Å². The van der Waals surface area contributed by atoms with E-state index in [-0.39, 0.29) is 45.7 Å². The Balaban J connectivity index is -0.000000326. The average molecular weight is 438 g/mol. The molecule has 27 heavy (non-hydrogen) atoms. The van der Waals surface area contributed by atoms with Gasteiger partial charge in [0.25, 0.3) is 0 Å². The monoisotopic (exact) mass is 438 g/mol. The van der Waals surface area contributed by atoms with Crippen LogP contribution in [-0.2, 0) is 25.3 Å². The SMILES string of the molecule is CC(C)[O][Ti](=[O])[OH].OCCN(CCO)CCO.OCCN(CCO)CCO. The van der Waals surface area contributed by atoms with Crippen molar-refractivity contribution in [1.82, 2.24) is 9.80 Å². The Labute approximate surface area is 168 Å². The Bertz CT molecular complexity index is 256. The summed E-state index contributed by atoms with van der Waals surface area (Å²) in [6.45, 7) is 6.95. The fourth-order valence-corrected chi connectivity index (χ4v) is 2.35. The molecule has 7 N–H and O–H groups in total. The maximum absolute atomic E-state index is 9.84. The van der Waals surface area contributed by atoms with E-state index in [9.17, 15) is 3.32 Å². The third kappa shape index (κ3) is 31.1. The van der Waals surface area contributed by atoms with Crippen LogP contribution in [0.1, 0.15) is 13.8 Å². The van der Waals surface area contributed by atoms with Gasteiger partial charge in [-0.2, -0.15) is 0 Å². The van der Waals surface area contributed by atoms with E-state index < -0.39 is 18.6 Å². The number of nitrogens with zero attached hydrogens (tertiary/aromatic N) is 2. The molecule has 0 aromatic carbocycles. The largest absolute Gasteiger partial charge is 0.395 e. The third-order valence-corrected chi connectivity index (χ3v) is 3.88. The summed E-state index contributed by atoms with van der Waals surface area (Å²) >= 11 is -3.20. The zero-order chi connectivity index (χ0) is 21.5. The minimum atomic E-state index is -3.20. The molecule has 12 heteroatoms. The quantitative estimate of drug-likeness (QED) is 0.136. The fourth-order valence-electron chi connectivity index (χ4n) is 1.72. The summed E-state index contributed by atoms with van der Waals surface area (Å²) < 4.78 is 22.4. The first kappa shape index (κ1) is 31.8. The van der Waals surface area contributed by atoms with Gasteiger partial charge in [0.05, 0.1) is 39.6 Å². The number of aliphatic hydroxyl groups is 6. The van der Waals surface area contributed by atoms with E-state index in [1.807, 2.05) is 0 Å². The minimum Gasteiger partial charge on any atom is -0.395 e. The molecule has 0 aromatic rings. The molecule has 0 saturated heterocycles. The van der Waals surface area contributed by atoms with Crippen molar-refractivity contribution in [1.29, 1.82) is 0 Å². The molecule has 0 atom stereocenters. The first-order valence-electron chi connectivity index (χ1n) is 8.82. The van der Waals surface area contributed by atoms with Gasteiger partial charge < -0.3 is 30.6 Å². The molecule has 0 rings (SSSR count). The fraction of sp³-hybridized carbons (Fsp3) is 1.00. The van der Waals surface area contributed by atoms with Crippen LogP contribution in [0.4, 0.5) is 0 Å². The van der Waals surface area contributed by atoms with Gasteiger partial charge in [0.2, 0.25) is 0 Å². The van der Waals surface area contributed by atoms with Crippen LogP contribution in [0.25, 0.3) is 0 Å². The van der Waals surface area contributed by atoms with Gasteiger partial charge in [-0.1, -0.05) is 0 Å². The van der Waals surface area contributed by atoms with Crippen LogP contribution in [0.3, 0.4) is 0 Å². The molecule has 166 valence electrons. The first-order valence-corrected chi connectivity index (χ1v) is 10.8. The Morgan fingerprint density at radius 3 is 0.963 bits per heavy atom. The first-order chi connectivity index (χ1) is 12.8. The second kappa shape index (κ2) is 26.1. The van der Waals surface area contributed by atoms with Gasteiger partial charge in [-0.3, -0.25) is 9.80 Å². The molecule has 11 nitrogen and oxygen atoms in total. The molecule has 0 aromatic heterocycles. The molecular weight excluding hydrogens is 400 g/mol. The summed E-state index contributed by atoms with van der Waals surface area (Å²) in [5.41, 5.74) is 0. The summed E-state index contributed by atoms with van der Waals surface area (Å²) in [5.74, 6) is 0. The van der Waals surface area contributed by atoms with Crippen molar-refractivity contribution in [2.75, 3.05) is 78.9 Å². The molecule has 0 aliphatic heterocycles. The second-order valence-corrected chi connectivity index (χ2v) is 6.66. The Morgan fingerprint density at radius 2 is 0.889 bits per heavy atom. The van der Waals surface area contributed by atoms with Crippen molar-refractivity contribution >= 4 is 0 Å².